The Bertz CT molecular complexity index is 874. The second kappa shape index (κ2) is 26.5. The zero-order valence-corrected chi connectivity index (χ0v) is 30.5. The zero-order valence-electron chi connectivity index (χ0n) is 26.0. The average Bonchev–Trinajstić information content (AvgIpc) is 3.02. The number of rotatable bonds is 27. The number of hydrogen-bond donors (Lipinski definition) is 5. The van der Waals surface area contributed by atoms with E-state index in [9.17, 15) is 28.8 Å². The lowest BCUT2D eigenvalue weighted by Crippen LogP contribution is -2.47. The van der Waals surface area contributed by atoms with Crippen molar-refractivity contribution in [3.63, 3.8) is 0 Å². The van der Waals surface area contributed by atoms with Gasteiger partial charge in [0.2, 0.25) is 0 Å². The van der Waals surface area contributed by atoms with Crippen LogP contribution in [0.25, 0.3) is 0 Å². The molecule has 0 amide bonds. The van der Waals surface area contributed by atoms with Crippen LogP contribution in [0.5, 0.6) is 0 Å². The molecule has 18 heteroatoms. The molecule has 0 aromatic carbocycles. The van der Waals surface area contributed by atoms with Gasteiger partial charge in [-0.3, -0.25) is 28.8 Å². The van der Waals surface area contributed by atoms with Crippen LogP contribution in [0.3, 0.4) is 0 Å². The molecule has 0 rings (SSSR count). The molecule has 0 radical (unpaired) electrons. The van der Waals surface area contributed by atoms with Crippen molar-refractivity contribution in [2.24, 2.45) is 10.8 Å². The fourth-order valence-electron chi connectivity index (χ4n) is 3.30. The van der Waals surface area contributed by atoms with Crippen molar-refractivity contribution >= 4 is 99.0 Å². The van der Waals surface area contributed by atoms with E-state index in [4.69, 9.17) is 33.2 Å². The Morgan fingerprint density at radius 2 is 0.609 bits per heavy atom. The smallest absolute Gasteiger partial charge is 0.306 e. The lowest BCUT2D eigenvalue weighted by molar-refractivity contribution is -0.174. The molecule has 0 fully saturated rings. The van der Waals surface area contributed by atoms with Crippen LogP contribution >= 0.6 is 63.1 Å². The van der Waals surface area contributed by atoms with Crippen LogP contribution in [0, 0.1) is 10.8 Å². The van der Waals surface area contributed by atoms with Crippen molar-refractivity contribution in [1.29, 1.82) is 0 Å². The van der Waals surface area contributed by atoms with Crippen LogP contribution in [0.2, 0.25) is 0 Å². The van der Waals surface area contributed by atoms with Crippen LogP contribution < -0.4 is 0 Å². The number of hydrogen-bond acceptors (Lipinski definition) is 18. The molecule has 0 aliphatic rings. The first-order valence-corrected chi connectivity index (χ1v) is 17.7. The summed E-state index contributed by atoms with van der Waals surface area (Å²) in [6.07, 6.45) is -0.0130. The number of carbonyl (C=O) groups excluding carboxylic acids is 6. The van der Waals surface area contributed by atoms with Crippen LogP contribution in [0.1, 0.15) is 45.4 Å². The van der Waals surface area contributed by atoms with Crippen LogP contribution in [-0.2, 0) is 61.9 Å². The second-order valence-corrected chi connectivity index (χ2v) is 12.4. The maximum Gasteiger partial charge on any atom is 0.306 e. The van der Waals surface area contributed by atoms with Crippen molar-refractivity contribution in [2.45, 2.75) is 45.4 Å². The summed E-state index contributed by atoms with van der Waals surface area (Å²) >= 11 is 20.2. The van der Waals surface area contributed by atoms with Crippen molar-refractivity contribution in [3.05, 3.63) is 0 Å². The molecule has 0 N–H and O–H groups in total. The predicted octanol–water partition coefficient (Wildman–Crippen LogP) is 2.24. The van der Waals surface area contributed by atoms with Crippen molar-refractivity contribution < 1.29 is 61.9 Å². The van der Waals surface area contributed by atoms with Crippen molar-refractivity contribution in [3.8, 4) is 0 Å². The summed E-state index contributed by atoms with van der Waals surface area (Å²) in [5.74, 6) is -2.48. The van der Waals surface area contributed by atoms with Gasteiger partial charge in [-0.2, -0.15) is 63.1 Å². The molecule has 0 aromatic rings. The van der Waals surface area contributed by atoms with E-state index in [-0.39, 0.29) is 120 Å². The van der Waals surface area contributed by atoms with E-state index in [1.165, 1.54) is 0 Å². The summed E-state index contributed by atoms with van der Waals surface area (Å²) in [5.41, 5.74) is -2.79. The average molecular weight is 751 g/mol. The highest BCUT2D eigenvalue weighted by Crippen LogP contribution is 2.26. The third-order valence-corrected chi connectivity index (χ3v) is 7.04. The third-order valence-electron chi connectivity index (χ3n) is 5.92. The fourth-order valence-corrected chi connectivity index (χ4v) is 4.22. The highest BCUT2D eigenvalue weighted by molar-refractivity contribution is 7.80. The maximum atomic E-state index is 12.3. The Morgan fingerprint density at radius 3 is 0.804 bits per heavy atom. The number of carbonyl (C=O) groups is 6. The van der Waals surface area contributed by atoms with Gasteiger partial charge in [0.05, 0.1) is 56.1 Å². The van der Waals surface area contributed by atoms with Gasteiger partial charge < -0.3 is 33.2 Å². The van der Waals surface area contributed by atoms with E-state index in [1.54, 1.807) is 6.92 Å². The molecule has 0 spiro atoms. The third kappa shape index (κ3) is 20.7. The van der Waals surface area contributed by atoms with Gasteiger partial charge in [0.25, 0.3) is 0 Å². The summed E-state index contributed by atoms with van der Waals surface area (Å²) in [7, 11) is 0. The summed E-state index contributed by atoms with van der Waals surface area (Å²) in [4.78, 5) is 73.5. The second-order valence-electron chi connectivity index (χ2n) is 10.2. The van der Waals surface area contributed by atoms with E-state index < -0.39 is 46.6 Å². The van der Waals surface area contributed by atoms with Gasteiger partial charge in [0.1, 0.15) is 39.6 Å². The summed E-state index contributed by atoms with van der Waals surface area (Å²) < 4.78 is 38.5. The van der Waals surface area contributed by atoms with E-state index in [0.29, 0.717) is 0 Å². The first-order valence-electron chi connectivity index (χ1n) is 14.5. The molecule has 0 saturated carbocycles. The van der Waals surface area contributed by atoms with Gasteiger partial charge in [-0.1, -0.05) is 6.92 Å². The lowest BCUT2D eigenvalue weighted by Gasteiger charge is -2.35. The molecule has 46 heavy (non-hydrogen) atoms. The minimum Gasteiger partial charge on any atom is -0.465 e. The van der Waals surface area contributed by atoms with E-state index in [0.717, 1.165) is 0 Å². The molecule has 0 heterocycles. The van der Waals surface area contributed by atoms with E-state index >= 15 is 0 Å². The molecule has 0 saturated heterocycles. The summed E-state index contributed by atoms with van der Waals surface area (Å²) in [6.45, 7) is -1.32. The Balaban J connectivity index is 6.41. The minimum atomic E-state index is -1.40. The Kier molecular flexibility index (Phi) is 25.6. The Labute approximate surface area is 297 Å². The number of esters is 6. The van der Waals surface area contributed by atoms with E-state index in [2.05, 4.69) is 63.1 Å². The van der Waals surface area contributed by atoms with E-state index in [1.807, 2.05) is 0 Å². The van der Waals surface area contributed by atoms with Gasteiger partial charge in [-0.25, -0.2) is 0 Å². The molecule has 0 aliphatic carbocycles. The standard InChI is InChI=1S/C28H46O13S5/c1-2-21(29)36-15-27(16-37-22(30)3-8-42,17-38-23(31)4-9-43)13-35-14-28(18-39-24(32)5-10-44,19-40-25(33)6-11-45)20-41-26(34)7-12-46/h42-46H,2-20H2,1H3. The van der Waals surface area contributed by atoms with Crippen molar-refractivity contribution in [1.82, 2.24) is 0 Å². The SMILES string of the molecule is CCC(=O)OCC(COCC(COC(=O)CCS)(COC(=O)CCS)COC(=O)CCS)(COC(=O)CCS)COC(=O)CCS. The summed E-state index contributed by atoms with van der Waals surface area (Å²) in [5, 5.41) is 0. The largest absolute Gasteiger partial charge is 0.465 e. The lowest BCUT2D eigenvalue weighted by atomic mass is 9.90. The first kappa shape index (κ1) is 44.5. The molecule has 0 unspecified atom stereocenters. The van der Waals surface area contributed by atoms with Crippen LogP contribution in [0.15, 0.2) is 0 Å². The van der Waals surface area contributed by atoms with Crippen LogP contribution in [-0.4, -0.2) is 117 Å². The monoisotopic (exact) mass is 750 g/mol. The quantitative estimate of drug-likeness (QED) is 0.0472. The van der Waals surface area contributed by atoms with Gasteiger partial charge in [0.15, 0.2) is 0 Å². The minimum absolute atomic E-state index is 0.00962. The van der Waals surface area contributed by atoms with Gasteiger partial charge in [-0.05, 0) is 0 Å². The van der Waals surface area contributed by atoms with Gasteiger partial charge in [0, 0.05) is 35.2 Å². The molecular formula is C28H46O13S5. The summed E-state index contributed by atoms with van der Waals surface area (Å²) in [6, 6.07) is 0. The topological polar surface area (TPSA) is 167 Å². The maximum absolute atomic E-state index is 12.3. The molecule has 0 aliphatic heterocycles. The number of ether oxygens (including phenoxy) is 7. The van der Waals surface area contributed by atoms with Crippen LogP contribution in [0.4, 0.5) is 0 Å². The molecule has 0 atom stereocenters. The molecule has 266 valence electrons. The molecular weight excluding hydrogens is 705 g/mol. The molecule has 13 nitrogen and oxygen atoms in total. The van der Waals surface area contributed by atoms with Gasteiger partial charge in [-0.15, -0.1) is 0 Å². The normalized spacial score (nSPS) is 11.3. The molecule has 0 bridgehead atoms. The van der Waals surface area contributed by atoms with Crippen molar-refractivity contribution in [2.75, 3.05) is 81.6 Å². The highest BCUT2D eigenvalue weighted by Gasteiger charge is 2.40. The van der Waals surface area contributed by atoms with Gasteiger partial charge >= 0.3 is 35.8 Å². The number of thiol groups is 5. The Morgan fingerprint density at radius 1 is 0.391 bits per heavy atom. The zero-order chi connectivity index (χ0) is 34.8. The first-order chi connectivity index (χ1) is 21.9. The Hall–Kier alpha value is -1.47. The fraction of sp³-hybridized carbons (Fsp3) is 0.786. The molecule has 0 aromatic heterocycles. The highest BCUT2D eigenvalue weighted by atomic mass is 32.1. The predicted molar refractivity (Wildman–Crippen MR) is 184 cm³/mol.